The van der Waals surface area contributed by atoms with Gasteiger partial charge in [0, 0.05) is 0 Å². The van der Waals surface area contributed by atoms with E-state index in [0.717, 1.165) is 34.7 Å². The minimum Gasteiger partial charge on any atom is -0.323 e. The average molecular weight is 395 g/mol. The predicted molar refractivity (Wildman–Crippen MR) is 108 cm³/mol. The summed E-state index contributed by atoms with van der Waals surface area (Å²) in [6.45, 7) is 5.40. The second kappa shape index (κ2) is 7.02. The molecule has 2 aromatic rings. The molecule has 1 aromatic carbocycles. The largest absolute Gasteiger partial charge is 0.325 e. The number of carbonyl (C=O) groups excluding carboxylic acids is 3. The number of imide groups is 1. The Morgan fingerprint density at radius 1 is 1.14 bits per heavy atom. The van der Waals surface area contributed by atoms with E-state index in [2.05, 4.69) is 15.7 Å². The first-order valence-corrected chi connectivity index (χ1v) is 9.88. The molecule has 1 spiro atoms. The van der Waals surface area contributed by atoms with E-state index >= 15 is 0 Å². The fraction of sp³-hybridized carbons (Fsp3) is 0.429. The fourth-order valence-electron chi connectivity index (χ4n) is 4.22. The maximum absolute atomic E-state index is 12.7. The van der Waals surface area contributed by atoms with Crippen LogP contribution in [0.5, 0.6) is 0 Å². The van der Waals surface area contributed by atoms with Crippen LogP contribution in [0, 0.1) is 20.8 Å². The van der Waals surface area contributed by atoms with Gasteiger partial charge < -0.3 is 10.6 Å². The number of nitrogens with zero attached hydrogens (tertiary/aromatic N) is 3. The first-order valence-electron chi connectivity index (χ1n) is 9.88. The van der Waals surface area contributed by atoms with Gasteiger partial charge in [0.05, 0.1) is 22.8 Å². The summed E-state index contributed by atoms with van der Waals surface area (Å²) >= 11 is 0. The Bertz CT molecular complexity index is 986. The molecule has 1 aliphatic carbocycles. The van der Waals surface area contributed by atoms with Crippen LogP contribution in [0.15, 0.2) is 24.3 Å². The van der Waals surface area contributed by atoms with Crippen molar-refractivity contribution < 1.29 is 14.4 Å². The molecule has 2 fully saturated rings. The molecular weight excluding hydrogens is 370 g/mol. The molecular formula is C21H25N5O3. The van der Waals surface area contributed by atoms with E-state index in [4.69, 9.17) is 0 Å². The molecule has 0 atom stereocenters. The molecule has 8 heteroatoms. The summed E-state index contributed by atoms with van der Waals surface area (Å²) in [6.07, 6.45) is 3.08. The molecule has 152 valence electrons. The zero-order chi connectivity index (χ0) is 20.8. The lowest BCUT2D eigenvalue weighted by molar-refractivity contribution is -0.133. The maximum Gasteiger partial charge on any atom is 0.325 e. The van der Waals surface area contributed by atoms with Gasteiger partial charge in [0.2, 0.25) is 5.91 Å². The lowest BCUT2D eigenvalue weighted by atomic mass is 9.98. The minimum atomic E-state index is -0.806. The summed E-state index contributed by atoms with van der Waals surface area (Å²) in [6, 6.07) is 7.44. The summed E-state index contributed by atoms with van der Waals surface area (Å²) in [5.41, 5.74) is 3.29. The van der Waals surface area contributed by atoms with E-state index in [1.807, 2.05) is 45.0 Å². The molecule has 1 aromatic heterocycles. The highest BCUT2D eigenvalue weighted by Gasteiger charge is 2.52. The van der Waals surface area contributed by atoms with Crippen molar-refractivity contribution in [3.8, 4) is 5.69 Å². The van der Waals surface area contributed by atoms with Gasteiger partial charge in [-0.2, -0.15) is 5.10 Å². The molecule has 29 heavy (non-hydrogen) atoms. The Morgan fingerprint density at radius 3 is 2.45 bits per heavy atom. The third kappa shape index (κ3) is 3.28. The highest BCUT2D eigenvalue weighted by molar-refractivity contribution is 6.10. The molecule has 1 saturated carbocycles. The monoisotopic (exact) mass is 395 g/mol. The Kier molecular flexibility index (Phi) is 4.64. The van der Waals surface area contributed by atoms with Crippen LogP contribution < -0.4 is 10.6 Å². The topological polar surface area (TPSA) is 96.3 Å². The Morgan fingerprint density at radius 2 is 1.79 bits per heavy atom. The number of rotatable bonds is 4. The van der Waals surface area contributed by atoms with Gasteiger partial charge in [-0.05, 0) is 45.7 Å². The van der Waals surface area contributed by atoms with Crippen molar-refractivity contribution >= 4 is 23.5 Å². The van der Waals surface area contributed by atoms with Crippen LogP contribution in [0.4, 0.5) is 10.5 Å². The first-order chi connectivity index (χ1) is 13.8. The van der Waals surface area contributed by atoms with Crippen molar-refractivity contribution in [2.45, 2.75) is 52.0 Å². The number of hydrogen-bond donors (Lipinski definition) is 2. The van der Waals surface area contributed by atoms with Gasteiger partial charge in [-0.3, -0.25) is 14.5 Å². The van der Waals surface area contributed by atoms with Gasteiger partial charge in [-0.15, -0.1) is 0 Å². The summed E-state index contributed by atoms with van der Waals surface area (Å²) < 4.78 is 1.77. The normalized spacial score (nSPS) is 17.8. The number of amides is 4. The van der Waals surface area contributed by atoms with Crippen LogP contribution in [0.1, 0.15) is 42.6 Å². The van der Waals surface area contributed by atoms with Gasteiger partial charge in [-0.25, -0.2) is 9.48 Å². The van der Waals surface area contributed by atoms with Crippen molar-refractivity contribution in [3.05, 3.63) is 41.2 Å². The zero-order valence-corrected chi connectivity index (χ0v) is 16.9. The van der Waals surface area contributed by atoms with Crippen molar-refractivity contribution in [2.75, 3.05) is 11.9 Å². The predicted octanol–water partition coefficient (Wildman–Crippen LogP) is 2.60. The van der Waals surface area contributed by atoms with Gasteiger partial charge in [0.15, 0.2) is 0 Å². The standard InChI is InChI=1S/C21H25N5O3/c1-13-6-8-16(9-7-13)26-15(3)18(14(2)24-26)22-17(27)12-25-19(28)21(23-20(25)29)10-4-5-11-21/h6-9H,4-5,10-12H2,1-3H3,(H,22,27)(H,23,29). The molecule has 2 N–H and O–H groups in total. The molecule has 4 rings (SSSR count). The van der Waals surface area contributed by atoms with Crippen LogP contribution in [0.2, 0.25) is 0 Å². The van der Waals surface area contributed by atoms with Crippen molar-refractivity contribution in [2.24, 2.45) is 0 Å². The SMILES string of the molecule is Cc1ccc(-n2nc(C)c(NC(=O)CN3C(=O)NC4(CCCC4)C3=O)c2C)cc1. The van der Waals surface area contributed by atoms with E-state index in [0.29, 0.717) is 24.2 Å². The Labute approximate surface area is 169 Å². The average Bonchev–Trinajstić information content (AvgIpc) is 3.33. The summed E-state index contributed by atoms with van der Waals surface area (Å²) in [5.74, 6) is -0.711. The first kappa shape index (κ1) is 19.2. The van der Waals surface area contributed by atoms with Crippen LogP contribution in [0.25, 0.3) is 5.69 Å². The van der Waals surface area contributed by atoms with E-state index < -0.39 is 17.5 Å². The zero-order valence-electron chi connectivity index (χ0n) is 16.9. The van der Waals surface area contributed by atoms with Crippen LogP contribution in [-0.4, -0.2) is 44.6 Å². The number of carbonyl (C=O) groups is 3. The van der Waals surface area contributed by atoms with E-state index in [-0.39, 0.29) is 12.5 Å². The number of aryl methyl sites for hydroxylation is 2. The molecule has 8 nitrogen and oxygen atoms in total. The lowest BCUT2D eigenvalue weighted by Gasteiger charge is -2.19. The molecule has 2 aliphatic rings. The number of anilines is 1. The molecule has 0 bridgehead atoms. The quantitative estimate of drug-likeness (QED) is 0.778. The number of urea groups is 1. The number of hydrogen-bond acceptors (Lipinski definition) is 4. The number of benzene rings is 1. The van der Waals surface area contributed by atoms with Crippen LogP contribution in [0.3, 0.4) is 0 Å². The van der Waals surface area contributed by atoms with Crippen molar-refractivity contribution in [3.63, 3.8) is 0 Å². The van der Waals surface area contributed by atoms with E-state index in [1.165, 1.54) is 0 Å². The van der Waals surface area contributed by atoms with Crippen molar-refractivity contribution in [1.82, 2.24) is 20.0 Å². The minimum absolute atomic E-state index is 0.293. The Hall–Kier alpha value is -3.16. The third-order valence-corrected chi connectivity index (χ3v) is 5.84. The molecule has 4 amide bonds. The lowest BCUT2D eigenvalue weighted by Crippen LogP contribution is -2.44. The number of aromatic nitrogens is 2. The third-order valence-electron chi connectivity index (χ3n) is 5.84. The highest BCUT2D eigenvalue weighted by Crippen LogP contribution is 2.35. The van der Waals surface area contributed by atoms with Gasteiger partial charge in [0.1, 0.15) is 12.1 Å². The molecule has 0 unspecified atom stereocenters. The maximum atomic E-state index is 12.7. The van der Waals surface area contributed by atoms with Crippen molar-refractivity contribution in [1.29, 1.82) is 0 Å². The van der Waals surface area contributed by atoms with Crippen LogP contribution >= 0.6 is 0 Å². The van der Waals surface area contributed by atoms with E-state index in [1.54, 1.807) is 4.68 Å². The summed E-state index contributed by atoms with van der Waals surface area (Å²) in [7, 11) is 0. The second-order valence-electron chi connectivity index (χ2n) is 7.95. The molecule has 2 heterocycles. The summed E-state index contributed by atoms with van der Waals surface area (Å²) in [4.78, 5) is 38.7. The van der Waals surface area contributed by atoms with Gasteiger partial charge >= 0.3 is 6.03 Å². The second-order valence-corrected chi connectivity index (χ2v) is 7.95. The Balaban J connectivity index is 1.50. The fourth-order valence-corrected chi connectivity index (χ4v) is 4.22. The molecule has 0 radical (unpaired) electrons. The van der Waals surface area contributed by atoms with Gasteiger partial charge in [-0.1, -0.05) is 30.5 Å². The number of nitrogens with one attached hydrogen (secondary N) is 2. The van der Waals surface area contributed by atoms with E-state index in [9.17, 15) is 14.4 Å². The van der Waals surface area contributed by atoms with Crippen LogP contribution in [-0.2, 0) is 9.59 Å². The van der Waals surface area contributed by atoms with Gasteiger partial charge in [0.25, 0.3) is 5.91 Å². The highest BCUT2D eigenvalue weighted by atomic mass is 16.2. The molecule has 1 aliphatic heterocycles. The molecule has 1 saturated heterocycles. The smallest absolute Gasteiger partial charge is 0.323 e. The summed E-state index contributed by atoms with van der Waals surface area (Å²) in [5, 5.41) is 10.1.